The molecule has 112 valence electrons. The Labute approximate surface area is 125 Å². The van der Waals surface area contributed by atoms with Crippen LogP contribution in [0.15, 0.2) is 35.2 Å². The quantitative estimate of drug-likeness (QED) is 0.616. The average molecular weight is 327 g/mol. The maximum absolute atomic E-state index is 12.0. The summed E-state index contributed by atoms with van der Waals surface area (Å²) in [5.41, 5.74) is 2.47. The Kier molecular flexibility index (Phi) is 4.99. The van der Waals surface area contributed by atoms with E-state index in [0.717, 1.165) is 5.69 Å². The number of hydrogen-bond acceptors (Lipinski definition) is 6. The minimum absolute atomic E-state index is 0.170. The van der Waals surface area contributed by atoms with Crippen molar-refractivity contribution < 1.29 is 13.3 Å². The second kappa shape index (κ2) is 6.74. The predicted molar refractivity (Wildman–Crippen MR) is 79.5 cm³/mol. The number of benzene rings is 1. The van der Waals surface area contributed by atoms with Crippen molar-refractivity contribution in [2.75, 3.05) is 6.54 Å². The molecule has 2 rings (SSSR count). The van der Waals surface area contributed by atoms with Crippen LogP contribution in [-0.2, 0) is 22.2 Å². The molecule has 0 saturated carbocycles. The highest BCUT2D eigenvalue weighted by Crippen LogP contribution is 2.19. The summed E-state index contributed by atoms with van der Waals surface area (Å²) in [6.45, 7) is 0.215. The molecule has 0 aliphatic rings. The Morgan fingerprint density at radius 3 is 2.76 bits per heavy atom. The second-order valence-corrected chi connectivity index (χ2v) is 6.79. The first-order chi connectivity index (χ1) is 9.98. The lowest BCUT2D eigenvalue weighted by atomic mass is 10.2. The zero-order chi connectivity index (χ0) is 15.3. The lowest BCUT2D eigenvalue weighted by molar-refractivity contribution is -0.385. The van der Waals surface area contributed by atoms with Crippen molar-refractivity contribution in [1.82, 2.24) is 9.71 Å². The van der Waals surface area contributed by atoms with Gasteiger partial charge in [0.15, 0.2) is 0 Å². The van der Waals surface area contributed by atoms with Crippen molar-refractivity contribution >= 4 is 27.0 Å². The number of nitro groups is 1. The van der Waals surface area contributed by atoms with Crippen LogP contribution in [0.25, 0.3) is 0 Å². The highest BCUT2D eigenvalue weighted by atomic mass is 32.2. The summed E-state index contributed by atoms with van der Waals surface area (Å²) in [7, 11) is -3.62. The molecule has 0 saturated heterocycles. The van der Waals surface area contributed by atoms with E-state index in [1.807, 2.05) is 5.38 Å². The van der Waals surface area contributed by atoms with Crippen molar-refractivity contribution in [3.63, 3.8) is 0 Å². The van der Waals surface area contributed by atoms with E-state index in [9.17, 15) is 18.5 Å². The van der Waals surface area contributed by atoms with Gasteiger partial charge in [-0.05, 0) is 0 Å². The second-order valence-electron chi connectivity index (χ2n) is 4.27. The molecule has 1 heterocycles. The zero-order valence-electron chi connectivity index (χ0n) is 10.9. The van der Waals surface area contributed by atoms with Gasteiger partial charge in [0.25, 0.3) is 5.69 Å². The van der Waals surface area contributed by atoms with Gasteiger partial charge in [0.2, 0.25) is 10.0 Å². The average Bonchev–Trinajstić information content (AvgIpc) is 2.91. The van der Waals surface area contributed by atoms with Crippen molar-refractivity contribution in [2.45, 2.75) is 12.2 Å². The van der Waals surface area contributed by atoms with Gasteiger partial charge in [-0.1, -0.05) is 18.2 Å². The van der Waals surface area contributed by atoms with E-state index in [0.29, 0.717) is 6.42 Å². The van der Waals surface area contributed by atoms with E-state index in [1.54, 1.807) is 11.6 Å². The SMILES string of the molecule is O=[N+]([O-])c1ccccc1CS(=O)(=O)NCCc1cscn1. The summed E-state index contributed by atoms with van der Waals surface area (Å²) in [6, 6.07) is 5.81. The van der Waals surface area contributed by atoms with Gasteiger partial charge in [0.05, 0.1) is 21.9 Å². The smallest absolute Gasteiger partial charge is 0.258 e. The van der Waals surface area contributed by atoms with Crippen LogP contribution < -0.4 is 4.72 Å². The summed E-state index contributed by atoms with van der Waals surface area (Å²) < 4.78 is 26.3. The Hall–Kier alpha value is -1.84. The third-order valence-corrected chi connectivity index (χ3v) is 4.69. The van der Waals surface area contributed by atoms with E-state index < -0.39 is 20.7 Å². The fourth-order valence-corrected chi connectivity index (χ4v) is 3.52. The van der Waals surface area contributed by atoms with Gasteiger partial charge < -0.3 is 0 Å². The van der Waals surface area contributed by atoms with Crippen molar-refractivity contribution in [1.29, 1.82) is 0 Å². The Balaban J connectivity index is 1.99. The fraction of sp³-hybridized carbons (Fsp3) is 0.250. The van der Waals surface area contributed by atoms with Crippen LogP contribution in [0.1, 0.15) is 11.3 Å². The molecule has 1 aromatic heterocycles. The number of sulfonamides is 1. The number of rotatable bonds is 7. The molecule has 0 aliphatic carbocycles. The molecular formula is C12H13N3O4S2. The fourth-order valence-electron chi connectivity index (χ4n) is 1.76. The van der Waals surface area contributed by atoms with Crippen LogP contribution in [0.4, 0.5) is 5.69 Å². The monoisotopic (exact) mass is 327 g/mol. The van der Waals surface area contributed by atoms with Gasteiger partial charge in [-0.3, -0.25) is 10.1 Å². The molecule has 0 fully saturated rings. The van der Waals surface area contributed by atoms with Gasteiger partial charge in [0, 0.05) is 30.0 Å². The summed E-state index contributed by atoms with van der Waals surface area (Å²) in [5, 5.41) is 12.7. The molecule has 21 heavy (non-hydrogen) atoms. The Morgan fingerprint density at radius 1 is 1.33 bits per heavy atom. The minimum Gasteiger partial charge on any atom is -0.258 e. The van der Waals surface area contributed by atoms with Crippen LogP contribution in [0.5, 0.6) is 0 Å². The molecule has 0 bridgehead atoms. The van der Waals surface area contributed by atoms with Gasteiger partial charge >= 0.3 is 0 Å². The molecule has 0 amide bonds. The summed E-state index contributed by atoms with van der Waals surface area (Å²) >= 11 is 1.44. The van der Waals surface area contributed by atoms with E-state index in [-0.39, 0.29) is 17.8 Å². The van der Waals surface area contributed by atoms with Crippen LogP contribution in [0, 0.1) is 10.1 Å². The van der Waals surface area contributed by atoms with Crippen LogP contribution >= 0.6 is 11.3 Å². The van der Waals surface area contributed by atoms with Crippen LogP contribution in [0.2, 0.25) is 0 Å². The molecule has 1 N–H and O–H groups in total. The Morgan fingerprint density at radius 2 is 2.10 bits per heavy atom. The minimum atomic E-state index is -3.62. The number of thiazole rings is 1. The van der Waals surface area contributed by atoms with Crippen LogP contribution in [-0.4, -0.2) is 24.9 Å². The van der Waals surface area contributed by atoms with E-state index in [2.05, 4.69) is 9.71 Å². The molecule has 0 spiro atoms. The lowest BCUT2D eigenvalue weighted by Crippen LogP contribution is -2.27. The highest BCUT2D eigenvalue weighted by molar-refractivity contribution is 7.88. The molecule has 0 aliphatic heterocycles. The van der Waals surface area contributed by atoms with Gasteiger partial charge in [-0.2, -0.15) is 0 Å². The molecule has 0 atom stereocenters. The van der Waals surface area contributed by atoms with Crippen LogP contribution in [0.3, 0.4) is 0 Å². The number of hydrogen-bond donors (Lipinski definition) is 1. The summed E-state index contributed by atoms with van der Waals surface area (Å²) in [6.07, 6.45) is 0.486. The topological polar surface area (TPSA) is 102 Å². The van der Waals surface area contributed by atoms with Crippen molar-refractivity contribution in [2.24, 2.45) is 0 Å². The molecule has 1 aromatic carbocycles. The third kappa shape index (κ3) is 4.59. The summed E-state index contributed by atoms with van der Waals surface area (Å²) in [5.74, 6) is -0.415. The maximum Gasteiger partial charge on any atom is 0.273 e. The van der Waals surface area contributed by atoms with Gasteiger partial charge in [-0.15, -0.1) is 11.3 Å². The van der Waals surface area contributed by atoms with Crippen molar-refractivity contribution in [3.8, 4) is 0 Å². The normalized spacial score (nSPS) is 11.4. The first-order valence-corrected chi connectivity index (χ1v) is 8.64. The molecule has 0 radical (unpaired) electrons. The first-order valence-electron chi connectivity index (χ1n) is 6.04. The molecule has 7 nitrogen and oxygen atoms in total. The number of nitrogens with one attached hydrogen (secondary N) is 1. The zero-order valence-corrected chi connectivity index (χ0v) is 12.6. The molecule has 2 aromatic rings. The largest absolute Gasteiger partial charge is 0.273 e. The maximum atomic E-state index is 12.0. The number of para-hydroxylation sites is 1. The molecule has 9 heteroatoms. The third-order valence-electron chi connectivity index (χ3n) is 2.72. The van der Waals surface area contributed by atoms with Gasteiger partial charge in [0.1, 0.15) is 0 Å². The standard InChI is InChI=1S/C12H13N3O4S2/c16-15(17)12-4-2-1-3-10(12)8-21(18,19)14-6-5-11-7-20-9-13-11/h1-4,7,9,14H,5-6,8H2. The Bertz CT molecular complexity index is 714. The predicted octanol–water partition coefficient (Wildman–Crippen LogP) is 1.71. The van der Waals surface area contributed by atoms with E-state index in [1.165, 1.54) is 29.5 Å². The van der Waals surface area contributed by atoms with E-state index >= 15 is 0 Å². The first kappa shape index (κ1) is 15.5. The van der Waals surface area contributed by atoms with E-state index in [4.69, 9.17) is 0 Å². The molecular weight excluding hydrogens is 314 g/mol. The number of nitrogens with zero attached hydrogens (tertiary/aromatic N) is 2. The summed E-state index contributed by atoms with van der Waals surface area (Å²) in [4.78, 5) is 14.3. The van der Waals surface area contributed by atoms with Crippen molar-refractivity contribution in [3.05, 3.63) is 56.5 Å². The number of nitro benzene ring substituents is 1. The highest BCUT2D eigenvalue weighted by Gasteiger charge is 2.19. The lowest BCUT2D eigenvalue weighted by Gasteiger charge is -2.06. The molecule has 0 unspecified atom stereocenters. The number of aromatic nitrogens is 1. The van der Waals surface area contributed by atoms with Gasteiger partial charge in [-0.25, -0.2) is 18.1 Å².